The molecular weight excluding hydrogens is 410 g/mol. The highest BCUT2D eigenvalue weighted by molar-refractivity contribution is 5.95. The summed E-state index contributed by atoms with van der Waals surface area (Å²) in [4.78, 5) is 27.7. The maximum atomic E-state index is 13.0. The number of aryl methyl sites for hydroxylation is 1. The molecule has 1 aromatic carbocycles. The molecule has 2 aromatic rings. The number of nitrogens with zero attached hydrogens (tertiary/aromatic N) is 3. The highest BCUT2D eigenvalue weighted by Gasteiger charge is 2.34. The van der Waals surface area contributed by atoms with Crippen LogP contribution in [0.4, 0.5) is 4.79 Å². The Balaban J connectivity index is 1.99. The normalized spacial score (nSPS) is 16.2. The smallest absolute Gasteiger partial charge is 0.338 e. The summed E-state index contributed by atoms with van der Waals surface area (Å²) in [6.45, 7) is 7.15. The number of methoxy groups -OCH3 is 1. The van der Waals surface area contributed by atoms with Gasteiger partial charge in [0, 0.05) is 43.6 Å². The van der Waals surface area contributed by atoms with E-state index in [9.17, 15) is 9.59 Å². The van der Waals surface area contributed by atoms with Crippen molar-refractivity contribution in [2.75, 3.05) is 20.3 Å². The fraction of sp³-hybridized carbons (Fsp3) is 0.435. The van der Waals surface area contributed by atoms with E-state index in [4.69, 9.17) is 9.47 Å². The van der Waals surface area contributed by atoms with Gasteiger partial charge in [-0.3, -0.25) is 9.58 Å². The van der Waals surface area contributed by atoms with Gasteiger partial charge in [-0.15, -0.1) is 0 Å². The zero-order valence-electron chi connectivity index (χ0n) is 19.2. The standard InChI is InChI=1S/C23H31N5O4/c1-6-32-22(29)20-19(14-28(15(2)3)13-16-11-24-27(4)12-16)25-23(30)26-21(20)17-7-9-18(31-5)10-8-17/h7-12,15,21H,6,13-14H2,1-5H3,(H2,25,26,30). The van der Waals surface area contributed by atoms with Crippen LogP contribution in [0.2, 0.25) is 0 Å². The van der Waals surface area contributed by atoms with Gasteiger partial charge in [0.05, 0.1) is 31.5 Å². The van der Waals surface area contributed by atoms with E-state index < -0.39 is 12.0 Å². The fourth-order valence-corrected chi connectivity index (χ4v) is 3.65. The lowest BCUT2D eigenvalue weighted by Gasteiger charge is -2.33. The summed E-state index contributed by atoms with van der Waals surface area (Å²) in [5.74, 6) is 0.235. The van der Waals surface area contributed by atoms with Gasteiger partial charge >= 0.3 is 12.0 Å². The van der Waals surface area contributed by atoms with Gasteiger partial charge in [0.1, 0.15) is 5.75 Å². The Labute approximate surface area is 188 Å². The number of hydrogen-bond acceptors (Lipinski definition) is 6. The second kappa shape index (κ2) is 10.3. The monoisotopic (exact) mass is 441 g/mol. The van der Waals surface area contributed by atoms with E-state index in [-0.39, 0.29) is 18.7 Å². The predicted octanol–water partition coefficient (Wildman–Crippen LogP) is 2.51. The van der Waals surface area contributed by atoms with E-state index in [0.717, 1.165) is 11.1 Å². The Hall–Kier alpha value is -3.33. The summed E-state index contributed by atoms with van der Waals surface area (Å²) < 4.78 is 12.3. The second-order valence-corrected chi connectivity index (χ2v) is 7.94. The molecule has 3 rings (SSSR count). The lowest BCUT2D eigenvalue weighted by molar-refractivity contribution is -0.139. The summed E-state index contributed by atoms with van der Waals surface area (Å²) in [5.41, 5.74) is 2.75. The maximum absolute atomic E-state index is 13.0. The number of nitrogens with one attached hydrogen (secondary N) is 2. The third kappa shape index (κ3) is 5.47. The van der Waals surface area contributed by atoms with E-state index in [1.807, 2.05) is 31.6 Å². The van der Waals surface area contributed by atoms with Crippen molar-refractivity contribution in [1.82, 2.24) is 25.3 Å². The summed E-state index contributed by atoms with van der Waals surface area (Å²) in [7, 11) is 3.46. The van der Waals surface area contributed by atoms with Crippen LogP contribution in [-0.2, 0) is 23.1 Å². The first-order chi connectivity index (χ1) is 15.3. The van der Waals surface area contributed by atoms with Crippen LogP contribution < -0.4 is 15.4 Å². The lowest BCUT2D eigenvalue weighted by atomic mass is 9.94. The van der Waals surface area contributed by atoms with Crippen LogP contribution in [0.3, 0.4) is 0 Å². The van der Waals surface area contributed by atoms with Crippen LogP contribution >= 0.6 is 0 Å². The molecule has 2 heterocycles. The molecule has 0 bridgehead atoms. The highest BCUT2D eigenvalue weighted by atomic mass is 16.5. The Morgan fingerprint density at radius 2 is 1.97 bits per heavy atom. The molecule has 0 fully saturated rings. The topological polar surface area (TPSA) is 97.7 Å². The minimum Gasteiger partial charge on any atom is -0.497 e. The molecule has 9 heteroatoms. The minimum atomic E-state index is -0.629. The third-order valence-electron chi connectivity index (χ3n) is 5.33. The molecule has 32 heavy (non-hydrogen) atoms. The van der Waals surface area contributed by atoms with Crippen molar-refractivity contribution in [3.8, 4) is 5.75 Å². The summed E-state index contributed by atoms with van der Waals surface area (Å²) in [6, 6.07) is 6.44. The van der Waals surface area contributed by atoms with Crippen molar-refractivity contribution < 1.29 is 19.1 Å². The Morgan fingerprint density at radius 1 is 1.25 bits per heavy atom. The van der Waals surface area contributed by atoms with Gasteiger partial charge in [-0.25, -0.2) is 9.59 Å². The number of esters is 1. The summed E-state index contributed by atoms with van der Waals surface area (Å²) in [6.07, 6.45) is 3.77. The van der Waals surface area contributed by atoms with Crippen LogP contribution in [0.5, 0.6) is 5.75 Å². The van der Waals surface area contributed by atoms with Crippen LogP contribution in [0.25, 0.3) is 0 Å². The SMILES string of the molecule is CCOC(=O)C1=C(CN(Cc2cnn(C)c2)C(C)C)NC(=O)NC1c1ccc(OC)cc1. The maximum Gasteiger partial charge on any atom is 0.338 e. The van der Waals surface area contributed by atoms with Crippen LogP contribution in [0.15, 0.2) is 47.9 Å². The molecule has 0 saturated heterocycles. The van der Waals surface area contributed by atoms with E-state index >= 15 is 0 Å². The van der Waals surface area contributed by atoms with Crippen molar-refractivity contribution in [3.63, 3.8) is 0 Å². The van der Waals surface area contributed by atoms with E-state index in [2.05, 4.69) is 34.5 Å². The molecule has 1 unspecified atom stereocenters. The summed E-state index contributed by atoms with van der Waals surface area (Å²) >= 11 is 0. The molecule has 1 aliphatic rings. The van der Waals surface area contributed by atoms with Crippen LogP contribution in [-0.4, -0.2) is 53.0 Å². The molecule has 9 nitrogen and oxygen atoms in total. The number of carbonyl (C=O) groups excluding carboxylic acids is 2. The molecule has 1 atom stereocenters. The average molecular weight is 442 g/mol. The molecule has 0 radical (unpaired) electrons. The van der Waals surface area contributed by atoms with Gasteiger partial charge in [-0.1, -0.05) is 12.1 Å². The molecule has 0 spiro atoms. The highest BCUT2D eigenvalue weighted by Crippen LogP contribution is 2.29. The number of rotatable bonds is 9. The molecule has 1 aliphatic heterocycles. The van der Waals surface area contributed by atoms with Gasteiger partial charge < -0.3 is 20.1 Å². The van der Waals surface area contributed by atoms with Crippen LogP contribution in [0, 0.1) is 0 Å². The molecule has 0 aliphatic carbocycles. The Morgan fingerprint density at radius 3 is 2.53 bits per heavy atom. The Kier molecular flexibility index (Phi) is 7.53. The number of hydrogen-bond donors (Lipinski definition) is 2. The predicted molar refractivity (Wildman–Crippen MR) is 120 cm³/mol. The average Bonchev–Trinajstić information content (AvgIpc) is 3.17. The number of benzene rings is 1. The van der Waals surface area contributed by atoms with E-state index in [1.54, 1.807) is 30.8 Å². The van der Waals surface area contributed by atoms with Gasteiger partial charge in [0.15, 0.2) is 0 Å². The largest absolute Gasteiger partial charge is 0.497 e. The van der Waals surface area contributed by atoms with Crippen molar-refractivity contribution in [3.05, 3.63) is 59.1 Å². The third-order valence-corrected chi connectivity index (χ3v) is 5.33. The summed E-state index contributed by atoms with van der Waals surface area (Å²) in [5, 5.41) is 9.94. The van der Waals surface area contributed by atoms with E-state index in [0.29, 0.717) is 30.1 Å². The molecular formula is C23H31N5O4. The Bertz CT molecular complexity index is 981. The van der Waals surface area contributed by atoms with Crippen molar-refractivity contribution >= 4 is 12.0 Å². The van der Waals surface area contributed by atoms with Gasteiger partial charge in [-0.05, 0) is 38.5 Å². The fourth-order valence-electron chi connectivity index (χ4n) is 3.65. The first-order valence-electron chi connectivity index (χ1n) is 10.7. The zero-order valence-corrected chi connectivity index (χ0v) is 19.2. The second-order valence-electron chi connectivity index (χ2n) is 7.94. The van der Waals surface area contributed by atoms with Gasteiger partial charge in [0.25, 0.3) is 0 Å². The lowest BCUT2D eigenvalue weighted by Crippen LogP contribution is -2.49. The molecule has 172 valence electrons. The minimum absolute atomic E-state index is 0.164. The quantitative estimate of drug-likeness (QED) is 0.581. The number of carbonyl (C=O) groups is 2. The number of urea groups is 1. The number of ether oxygens (including phenoxy) is 2. The van der Waals surface area contributed by atoms with E-state index in [1.165, 1.54) is 0 Å². The van der Waals surface area contributed by atoms with Crippen molar-refractivity contribution in [2.24, 2.45) is 7.05 Å². The molecule has 2 amide bonds. The number of amides is 2. The zero-order chi connectivity index (χ0) is 23.3. The number of aromatic nitrogens is 2. The van der Waals surface area contributed by atoms with Gasteiger partial charge in [-0.2, -0.15) is 5.10 Å². The molecule has 1 aromatic heterocycles. The first kappa shape index (κ1) is 23.3. The van der Waals surface area contributed by atoms with Crippen LogP contribution in [0.1, 0.15) is 37.9 Å². The van der Waals surface area contributed by atoms with Crippen molar-refractivity contribution in [2.45, 2.75) is 39.4 Å². The molecule has 0 saturated carbocycles. The first-order valence-corrected chi connectivity index (χ1v) is 10.7. The van der Waals surface area contributed by atoms with Crippen molar-refractivity contribution in [1.29, 1.82) is 0 Å². The molecule has 2 N–H and O–H groups in total. The van der Waals surface area contributed by atoms with Gasteiger partial charge in [0.2, 0.25) is 0 Å².